The van der Waals surface area contributed by atoms with E-state index < -0.39 is 11.7 Å². The second-order valence-corrected chi connectivity index (χ2v) is 8.00. The van der Waals surface area contributed by atoms with Gasteiger partial charge in [0.15, 0.2) is 0 Å². The van der Waals surface area contributed by atoms with Crippen molar-refractivity contribution in [2.45, 2.75) is 46.6 Å². The number of anilines is 1. The third-order valence-corrected chi connectivity index (χ3v) is 3.64. The second-order valence-electron chi connectivity index (χ2n) is 7.21. The normalized spacial score (nSPS) is 11.2. The van der Waals surface area contributed by atoms with Crippen molar-refractivity contribution in [2.75, 3.05) is 23.4 Å². The molecule has 1 aromatic rings. The van der Waals surface area contributed by atoms with E-state index in [-0.39, 0.29) is 17.2 Å². The van der Waals surface area contributed by atoms with Gasteiger partial charge in [-0.25, -0.2) is 19.8 Å². The van der Waals surface area contributed by atoms with E-state index in [4.69, 9.17) is 17.8 Å². The molecule has 0 spiro atoms. The highest BCUT2D eigenvalue weighted by Gasteiger charge is 2.29. The molecule has 1 heterocycles. The lowest BCUT2D eigenvalue weighted by Gasteiger charge is -2.38. The molecule has 0 N–H and O–H groups in total. The third-order valence-electron chi connectivity index (χ3n) is 3.08. The van der Waals surface area contributed by atoms with E-state index in [2.05, 4.69) is 25.9 Å². The van der Waals surface area contributed by atoms with Crippen LogP contribution in [0.1, 0.15) is 46.9 Å². The number of nitrogens with zero attached hydrogens (tertiary/aromatic N) is 5. The molecule has 0 atom stereocenters. The van der Waals surface area contributed by atoms with Gasteiger partial charge in [0.1, 0.15) is 25.3 Å². The SMILES string of the molecule is [B]c1cnc(C#N)nc1N(CC(C)C)N(CCCBr)C(=O)OC(C)(C)C. The number of hydrogen-bond donors (Lipinski definition) is 0. The van der Waals surface area contributed by atoms with Gasteiger partial charge in [-0.2, -0.15) is 5.26 Å². The first-order valence-electron chi connectivity index (χ1n) is 8.45. The van der Waals surface area contributed by atoms with Crippen molar-refractivity contribution in [3.8, 4) is 6.07 Å². The monoisotopic (exact) mass is 421 g/mol. The van der Waals surface area contributed by atoms with Crippen LogP contribution < -0.4 is 10.5 Å². The summed E-state index contributed by atoms with van der Waals surface area (Å²) in [4.78, 5) is 20.9. The minimum atomic E-state index is -0.637. The molecule has 9 heteroatoms. The maximum atomic E-state index is 12.8. The summed E-state index contributed by atoms with van der Waals surface area (Å²) in [6.07, 6.45) is 1.60. The number of carbonyl (C=O) groups is 1. The molecule has 1 rings (SSSR count). The molecule has 0 saturated heterocycles. The van der Waals surface area contributed by atoms with Gasteiger partial charge >= 0.3 is 6.09 Å². The second kappa shape index (κ2) is 9.76. The summed E-state index contributed by atoms with van der Waals surface area (Å²) in [5, 5.41) is 13.0. The number of halogens is 1. The van der Waals surface area contributed by atoms with Crippen LogP contribution >= 0.6 is 15.9 Å². The smallest absolute Gasteiger partial charge is 0.429 e. The molecule has 0 saturated carbocycles. The molecule has 2 radical (unpaired) electrons. The Morgan fingerprint density at radius 3 is 2.62 bits per heavy atom. The molecular weight excluding hydrogens is 397 g/mol. The standard InChI is InChI=1S/C17H25BBrN5O2/c1-12(2)11-24(15-13(18)10-21-14(9-20)22-15)23(8-6-7-19)16(25)26-17(3,4)5/h10,12H,6-8,11H2,1-5H3. The molecule has 1 amide bonds. The highest BCUT2D eigenvalue weighted by molar-refractivity contribution is 9.09. The minimum absolute atomic E-state index is 0.00686. The Hall–Kier alpha value is -1.82. The number of hydrazine groups is 1. The number of alkyl halides is 1. The van der Waals surface area contributed by atoms with Crippen LogP contribution in [0.4, 0.5) is 10.6 Å². The molecule has 0 unspecified atom stereocenters. The zero-order valence-electron chi connectivity index (χ0n) is 16.0. The van der Waals surface area contributed by atoms with Gasteiger partial charge in [-0.1, -0.05) is 29.8 Å². The molecule has 26 heavy (non-hydrogen) atoms. The van der Waals surface area contributed by atoms with Gasteiger partial charge in [0.05, 0.1) is 0 Å². The maximum absolute atomic E-state index is 12.8. The third kappa shape index (κ3) is 6.83. The van der Waals surface area contributed by atoms with Crippen LogP contribution in [0, 0.1) is 17.2 Å². The fourth-order valence-electron chi connectivity index (χ4n) is 2.12. The lowest BCUT2D eigenvalue weighted by molar-refractivity contribution is 0.0218. The average molecular weight is 422 g/mol. The van der Waals surface area contributed by atoms with Gasteiger partial charge in [0, 0.05) is 24.6 Å². The number of amides is 1. The van der Waals surface area contributed by atoms with Crippen LogP contribution in [0.3, 0.4) is 0 Å². The lowest BCUT2D eigenvalue weighted by Crippen LogP contribution is -2.52. The van der Waals surface area contributed by atoms with Crippen molar-refractivity contribution in [3.63, 3.8) is 0 Å². The van der Waals surface area contributed by atoms with Crippen LogP contribution in [0.15, 0.2) is 6.20 Å². The summed E-state index contributed by atoms with van der Waals surface area (Å²) in [6.45, 7) is 10.4. The Balaban J connectivity index is 3.35. The first kappa shape index (κ1) is 22.2. The van der Waals surface area contributed by atoms with Crippen LogP contribution in [-0.2, 0) is 4.74 Å². The maximum Gasteiger partial charge on any atom is 0.429 e. The number of nitriles is 1. The fourth-order valence-corrected chi connectivity index (χ4v) is 2.37. The number of rotatable bonds is 7. The summed E-state index contributed by atoms with van der Waals surface area (Å²) in [6, 6.07) is 1.91. The van der Waals surface area contributed by atoms with E-state index in [1.807, 2.05) is 40.7 Å². The zero-order chi connectivity index (χ0) is 19.9. The lowest BCUT2D eigenvalue weighted by atomic mass is 9.98. The molecule has 0 aliphatic carbocycles. The first-order valence-corrected chi connectivity index (χ1v) is 9.57. The molecule has 0 fully saturated rings. The summed E-state index contributed by atoms with van der Waals surface area (Å²) in [5.74, 6) is 0.530. The summed E-state index contributed by atoms with van der Waals surface area (Å²) in [7, 11) is 6.05. The van der Waals surface area contributed by atoms with Crippen molar-refractivity contribution >= 4 is 41.2 Å². The molecule has 7 nitrogen and oxygen atoms in total. The van der Waals surface area contributed by atoms with Gasteiger partial charge in [0.2, 0.25) is 5.82 Å². The molecule has 0 bridgehead atoms. The topological polar surface area (TPSA) is 82.4 Å². The molecule has 0 aliphatic heterocycles. The van der Waals surface area contributed by atoms with Gasteiger partial charge in [-0.3, -0.25) is 5.01 Å². The van der Waals surface area contributed by atoms with Crippen LogP contribution in [0.25, 0.3) is 0 Å². The first-order chi connectivity index (χ1) is 12.1. The van der Waals surface area contributed by atoms with E-state index in [9.17, 15) is 4.79 Å². The molecule has 0 aliphatic rings. The predicted octanol–water partition coefficient (Wildman–Crippen LogP) is 2.54. The Morgan fingerprint density at radius 1 is 1.46 bits per heavy atom. The van der Waals surface area contributed by atoms with Gasteiger partial charge in [0.25, 0.3) is 0 Å². The van der Waals surface area contributed by atoms with Crippen molar-refractivity contribution in [3.05, 3.63) is 12.0 Å². The van der Waals surface area contributed by atoms with E-state index in [0.717, 1.165) is 5.33 Å². The van der Waals surface area contributed by atoms with Crippen LogP contribution in [0.2, 0.25) is 0 Å². The van der Waals surface area contributed by atoms with E-state index in [1.165, 1.54) is 11.2 Å². The van der Waals surface area contributed by atoms with Crippen molar-refractivity contribution < 1.29 is 9.53 Å². The molecule has 0 aromatic carbocycles. The summed E-state index contributed by atoms with van der Waals surface area (Å²) in [5.41, 5.74) is -0.348. The Kier molecular flexibility index (Phi) is 8.35. The number of ether oxygens (including phenoxy) is 1. The highest BCUT2D eigenvalue weighted by atomic mass is 79.9. The number of aromatic nitrogens is 2. The number of hydrogen-bond acceptors (Lipinski definition) is 6. The number of carbonyl (C=O) groups excluding carboxylic acids is 1. The van der Waals surface area contributed by atoms with Gasteiger partial charge in [-0.05, 0) is 38.6 Å². The molecule has 1 aromatic heterocycles. The van der Waals surface area contributed by atoms with Gasteiger partial charge in [-0.15, -0.1) is 0 Å². The van der Waals surface area contributed by atoms with Crippen molar-refractivity contribution in [2.24, 2.45) is 5.92 Å². The Labute approximate surface area is 165 Å². The summed E-state index contributed by atoms with van der Waals surface area (Å²) < 4.78 is 5.56. The zero-order valence-corrected chi connectivity index (χ0v) is 17.6. The summed E-state index contributed by atoms with van der Waals surface area (Å²) >= 11 is 3.39. The molecular formula is C17H25BBrN5O2. The molecule has 140 valence electrons. The predicted molar refractivity (Wildman–Crippen MR) is 106 cm³/mol. The van der Waals surface area contributed by atoms with Crippen molar-refractivity contribution in [1.82, 2.24) is 15.0 Å². The van der Waals surface area contributed by atoms with E-state index in [1.54, 1.807) is 5.01 Å². The van der Waals surface area contributed by atoms with Crippen LogP contribution in [-0.4, -0.2) is 52.9 Å². The minimum Gasteiger partial charge on any atom is -0.442 e. The van der Waals surface area contributed by atoms with Gasteiger partial charge < -0.3 is 4.74 Å². The Bertz CT molecular complexity index is 658. The quantitative estimate of drug-likeness (QED) is 0.382. The van der Waals surface area contributed by atoms with Crippen LogP contribution in [0.5, 0.6) is 0 Å². The average Bonchev–Trinajstić information content (AvgIpc) is 2.52. The van der Waals surface area contributed by atoms with E-state index in [0.29, 0.717) is 25.3 Å². The van der Waals surface area contributed by atoms with E-state index >= 15 is 0 Å². The largest absolute Gasteiger partial charge is 0.442 e. The fraction of sp³-hybridized carbons (Fsp3) is 0.647. The van der Waals surface area contributed by atoms with Crippen molar-refractivity contribution in [1.29, 1.82) is 5.26 Å². The highest BCUT2D eigenvalue weighted by Crippen LogP contribution is 2.18. The Morgan fingerprint density at radius 2 is 2.12 bits per heavy atom.